The Kier molecular flexibility index (Phi) is 8.04. The van der Waals surface area contributed by atoms with Crippen molar-refractivity contribution in [3.63, 3.8) is 0 Å². The maximum atomic E-state index is 12.3. The van der Waals surface area contributed by atoms with Crippen molar-refractivity contribution in [2.45, 2.75) is 59.2 Å². The number of anilines is 3. The number of amides is 1. The van der Waals surface area contributed by atoms with Gasteiger partial charge in [0.1, 0.15) is 23.2 Å². The van der Waals surface area contributed by atoms with E-state index in [1.54, 1.807) is 11.0 Å². The molecule has 1 aliphatic heterocycles. The zero-order valence-electron chi connectivity index (χ0n) is 20.3. The van der Waals surface area contributed by atoms with Gasteiger partial charge in [0.15, 0.2) is 11.5 Å². The summed E-state index contributed by atoms with van der Waals surface area (Å²) < 4.78 is 11.3. The number of carbonyl (C=O) groups is 1. The molecule has 3 rings (SSSR count). The molecule has 0 saturated carbocycles. The summed E-state index contributed by atoms with van der Waals surface area (Å²) in [6.45, 7) is 11.5. The van der Waals surface area contributed by atoms with Gasteiger partial charge >= 0.3 is 6.09 Å². The molecule has 0 aromatic carbocycles. The van der Waals surface area contributed by atoms with Crippen LogP contribution in [0, 0.1) is 17.2 Å². The van der Waals surface area contributed by atoms with Crippen molar-refractivity contribution in [1.29, 1.82) is 5.26 Å². The van der Waals surface area contributed by atoms with Crippen LogP contribution in [-0.2, 0) is 4.74 Å². The van der Waals surface area contributed by atoms with E-state index in [9.17, 15) is 4.79 Å². The number of likely N-dealkylation sites (tertiary alicyclic amines) is 1. The Morgan fingerprint density at radius 1 is 1.21 bits per heavy atom. The van der Waals surface area contributed by atoms with Gasteiger partial charge in [0.2, 0.25) is 0 Å². The molecule has 0 spiro atoms. The number of nitrogens with zero attached hydrogens (tertiary/aromatic N) is 6. The number of hydrogen-bond acceptors (Lipinski definition) is 10. The van der Waals surface area contributed by atoms with Crippen LogP contribution in [0.2, 0.25) is 0 Å². The Morgan fingerprint density at radius 2 is 1.94 bits per heavy atom. The lowest BCUT2D eigenvalue weighted by molar-refractivity contribution is 0.0188. The Hall–Kier alpha value is -3.68. The second-order valence-corrected chi connectivity index (χ2v) is 9.43. The van der Waals surface area contributed by atoms with Crippen LogP contribution in [0.4, 0.5) is 22.1 Å². The van der Waals surface area contributed by atoms with Crippen LogP contribution in [0.3, 0.4) is 0 Å². The minimum Gasteiger partial charge on any atom is -0.472 e. The Morgan fingerprint density at radius 3 is 2.53 bits per heavy atom. The second-order valence-electron chi connectivity index (χ2n) is 9.43. The van der Waals surface area contributed by atoms with E-state index in [2.05, 4.69) is 30.8 Å². The maximum Gasteiger partial charge on any atom is 0.410 e. The van der Waals surface area contributed by atoms with Gasteiger partial charge < -0.3 is 25.0 Å². The highest BCUT2D eigenvalue weighted by molar-refractivity contribution is 5.68. The smallest absolute Gasteiger partial charge is 0.410 e. The highest BCUT2D eigenvalue weighted by atomic mass is 16.6. The largest absolute Gasteiger partial charge is 0.472 e. The third-order valence-corrected chi connectivity index (χ3v) is 4.98. The molecule has 1 aliphatic rings. The van der Waals surface area contributed by atoms with Crippen molar-refractivity contribution in [3.05, 3.63) is 24.2 Å². The number of hydrogen-bond donors (Lipinski definition) is 2. The van der Waals surface area contributed by atoms with E-state index in [4.69, 9.17) is 14.7 Å². The quantitative estimate of drug-likeness (QED) is 0.618. The molecule has 0 aliphatic carbocycles. The molecule has 11 nitrogen and oxygen atoms in total. The number of ether oxygens (including phenoxy) is 2. The standard InChI is InChI=1S/C23H32N8O3/c1-15(2)33-21-18(10-19(29-30-21)28-20-14-25-17(11-24)13-27-20)26-12-16-6-8-31(9-7-16)22(32)34-23(3,4)5/h10,13-16H,6-9,12H2,1-5H3,(H2,26,27,28,29). The van der Waals surface area contributed by atoms with E-state index in [1.807, 2.05) is 40.7 Å². The van der Waals surface area contributed by atoms with Gasteiger partial charge in [-0.2, -0.15) is 5.26 Å². The van der Waals surface area contributed by atoms with Crippen LogP contribution in [0.1, 0.15) is 53.2 Å². The average molecular weight is 469 g/mol. The summed E-state index contributed by atoms with van der Waals surface area (Å²) in [5, 5.41) is 23.7. The third kappa shape index (κ3) is 7.43. The minimum atomic E-state index is -0.494. The van der Waals surface area contributed by atoms with Gasteiger partial charge in [-0.25, -0.2) is 14.8 Å². The lowest BCUT2D eigenvalue weighted by Crippen LogP contribution is -2.42. The molecule has 34 heavy (non-hydrogen) atoms. The molecule has 3 heterocycles. The predicted molar refractivity (Wildman–Crippen MR) is 127 cm³/mol. The Bertz CT molecular complexity index is 1010. The number of aromatic nitrogens is 4. The summed E-state index contributed by atoms with van der Waals surface area (Å²) >= 11 is 0. The monoisotopic (exact) mass is 468 g/mol. The molecular formula is C23H32N8O3. The van der Waals surface area contributed by atoms with Crippen LogP contribution in [0.5, 0.6) is 5.88 Å². The molecule has 2 aromatic rings. The van der Waals surface area contributed by atoms with E-state index in [0.29, 0.717) is 48.8 Å². The fraction of sp³-hybridized carbons (Fsp3) is 0.565. The molecule has 0 bridgehead atoms. The third-order valence-electron chi connectivity index (χ3n) is 4.98. The van der Waals surface area contributed by atoms with E-state index in [-0.39, 0.29) is 17.9 Å². The number of nitrogens with one attached hydrogen (secondary N) is 2. The summed E-state index contributed by atoms with van der Waals surface area (Å²) in [4.78, 5) is 22.2. The lowest BCUT2D eigenvalue weighted by atomic mass is 9.97. The molecule has 1 saturated heterocycles. The van der Waals surface area contributed by atoms with Gasteiger partial charge in [0, 0.05) is 25.7 Å². The van der Waals surface area contributed by atoms with Crippen LogP contribution >= 0.6 is 0 Å². The number of rotatable bonds is 7. The summed E-state index contributed by atoms with van der Waals surface area (Å²) in [6, 6.07) is 3.74. The number of nitriles is 1. The molecule has 1 fully saturated rings. The van der Waals surface area contributed by atoms with Crippen molar-refractivity contribution < 1.29 is 14.3 Å². The highest BCUT2D eigenvalue weighted by Gasteiger charge is 2.27. The summed E-state index contributed by atoms with van der Waals surface area (Å²) in [7, 11) is 0. The lowest BCUT2D eigenvalue weighted by Gasteiger charge is -2.33. The van der Waals surface area contributed by atoms with Crippen LogP contribution in [0.25, 0.3) is 0 Å². The van der Waals surface area contributed by atoms with Crippen molar-refractivity contribution in [2.24, 2.45) is 5.92 Å². The molecule has 182 valence electrons. The first-order valence-electron chi connectivity index (χ1n) is 11.4. The van der Waals surface area contributed by atoms with E-state index >= 15 is 0 Å². The average Bonchev–Trinajstić information content (AvgIpc) is 2.78. The highest BCUT2D eigenvalue weighted by Crippen LogP contribution is 2.27. The maximum absolute atomic E-state index is 12.3. The predicted octanol–water partition coefficient (Wildman–Crippen LogP) is 3.73. The first kappa shape index (κ1) is 25.0. The zero-order chi connectivity index (χ0) is 24.7. The topological polar surface area (TPSA) is 138 Å². The Balaban J connectivity index is 1.61. The van der Waals surface area contributed by atoms with Gasteiger partial charge in [-0.05, 0) is 53.4 Å². The normalized spacial score (nSPS) is 14.4. The van der Waals surface area contributed by atoms with Crippen molar-refractivity contribution >= 4 is 23.4 Å². The molecule has 0 radical (unpaired) electrons. The summed E-state index contributed by atoms with van der Waals surface area (Å²) in [6.07, 6.45) is 4.27. The van der Waals surface area contributed by atoms with Gasteiger partial charge in [-0.15, -0.1) is 10.2 Å². The molecule has 0 atom stereocenters. The summed E-state index contributed by atoms with van der Waals surface area (Å²) in [5.74, 6) is 1.72. The van der Waals surface area contributed by atoms with Crippen LogP contribution in [0.15, 0.2) is 18.5 Å². The molecule has 2 N–H and O–H groups in total. The van der Waals surface area contributed by atoms with Crippen molar-refractivity contribution in [1.82, 2.24) is 25.1 Å². The van der Waals surface area contributed by atoms with Gasteiger partial charge in [0.25, 0.3) is 5.88 Å². The van der Waals surface area contributed by atoms with Gasteiger partial charge in [0.05, 0.1) is 18.5 Å². The molecule has 2 aromatic heterocycles. The van der Waals surface area contributed by atoms with E-state index < -0.39 is 5.60 Å². The molecule has 1 amide bonds. The van der Waals surface area contributed by atoms with Crippen LogP contribution < -0.4 is 15.4 Å². The SMILES string of the molecule is CC(C)Oc1nnc(Nc2cnc(C#N)cn2)cc1NCC1CCN(C(=O)OC(C)(C)C)CC1. The van der Waals surface area contributed by atoms with Crippen molar-refractivity contribution in [2.75, 3.05) is 30.3 Å². The Labute approximate surface area is 199 Å². The minimum absolute atomic E-state index is 0.0601. The fourth-order valence-electron chi connectivity index (χ4n) is 3.36. The van der Waals surface area contributed by atoms with Crippen LogP contribution in [-0.4, -0.2) is 62.5 Å². The molecule has 0 unspecified atom stereocenters. The van der Waals surface area contributed by atoms with Gasteiger partial charge in [-0.3, -0.25) is 0 Å². The molecule has 11 heteroatoms. The number of carbonyl (C=O) groups excluding carboxylic acids is 1. The first-order valence-corrected chi connectivity index (χ1v) is 11.4. The zero-order valence-corrected chi connectivity index (χ0v) is 20.3. The van der Waals surface area contributed by atoms with E-state index in [1.165, 1.54) is 12.4 Å². The van der Waals surface area contributed by atoms with Gasteiger partial charge in [-0.1, -0.05) is 0 Å². The second kappa shape index (κ2) is 11.0. The van der Waals surface area contributed by atoms with E-state index in [0.717, 1.165) is 12.8 Å². The summed E-state index contributed by atoms with van der Waals surface area (Å²) in [5.41, 5.74) is 0.450. The molecular weight excluding hydrogens is 436 g/mol. The first-order chi connectivity index (χ1) is 16.1. The number of piperidine rings is 1. The van der Waals surface area contributed by atoms with Crippen molar-refractivity contribution in [3.8, 4) is 11.9 Å². The fourth-order valence-corrected chi connectivity index (χ4v) is 3.36.